The standard InChI is InChI=1S/C19H22N2O4S/c1-4-13(2)20-19(23)15-8-10-18(11-9-15)26(24,25)21-17-7-5-6-16(12-17)14(3)22/h5-13,21H,4H2,1-3H3,(H,20,23). The highest BCUT2D eigenvalue weighted by atomic mass is 32.2. The Bertz CT molecular complexity index is 905. The van der Waals surface area contributed by atoms with Crippen LogP contribution in [0.1, 0.15) is 47.9 Å². The maximum absolute atomic E-state index is 12.5. The van der Waals surface area contributed by atoms with Crippen molar-refractivity contribution in [3.05, 3.63) is 59.7 Å². The molecule has 0 aliphatic rings. The number of carbonyl (C=O) groups excluding carboxylic acids is 2. The molecule has 1 unspecified atom stereocenters. The third-order valence-corrected chi connectivity index (χ3v) is 5.34. The molecule has 1 amide bonds. The summed E-state index contributed by atoms with van der Waals surface area (Å²) in [4.78, 5) is 23.5. The quantitative estimate of drug-likeness (QED) is 0.728. The van der Waals surface area contributed by atoms with Gasteiger partial charge in [0.05, 0.1) is 4.90 Å². The van der Waals surface area contributed by atoms with E-state index in [4.69, 9.17) is 0 Å². The number of anilines is 1. The summed E-state index contributed by atoms with van der Waals surface area (Å²) in [6, 6.07) is 12.0. The van der Waals surface area contributed by atoms with Crippen LogP contribution in [-0.2, 0) is 10.0 Å². The molecular formula is C19H22N2O4S. The average Bonchev–Trinajstić information content (AvgIpc) is 2.61. The highest BCUT2D eigenvalue weighted by Crippen LogP contribution is 2.18. The second kappa shape index (κ2) is 8.14. The highest BCUT2D eigenvalue weighted by Gasteiger charge is 2.16. The SMILES string of the molecule is CCC(C)NC(=O)c1ccc(S(=O)(=O)Nc2cccc(C(C)=O)c2)cc1. The lowest BCUT2D eigenvalue weighted by molar-refractivity contribution is 0.0938. The van der Waals surface area contributed by atoms with Crippen LogP contribution < -0.4 is 10.0 Å². The van der Waals surface area contributed by atoms with Gasteiger partial charge in [0.15, 0.2) is 5.78 Å². The number of carbonyl (C=O) groups is 2. The monoisotopic (exact) mass is 374 g/mol. The smallest absolute Gasteiger partial charge is 0.261 e. The number of amides is 1. The highest BCUT2D eigenvalue weighted by molar-refractivity contribution is 7.92. The summed E-state index contributed by atoms with van der Waals surface area (Å²) < 4.78 is 27.4. The number of rotatable bonds is 7. The van der Waals surface area contributed by atoms with Gasteiger partial charge < -0.3 is 5.32 Å². The molecule has 26 heavy (non-hydrogen) atoms. The molecule has 0 aromatic heterocycles. The minimum atomic E-state index is -3.82. The fourth-order valence-corrected chi connectivity index (χ4v) is 3.26. The molecule has 0 radical (unpaired) electrons. The topological polar surface area (TPSA) is 92.3 Å². The molecule has 0 spiro atoms. The summed E-state index contributed by atoms with van der Waals surface area (Å²) >= 11 is 0. The molecule has 0 bridgehead atoms. The third kappa shape index (κ3) is 4.92. The molecule has 0 saturated carbocycles. The Morgan fingerprint density at radius 3 is 2.27 bits per heavy atom. The normalized spacial score (nSPS) is 12.3. The Balaban J connectivity index is 2.18. The maximum atomic E-state index is 12.5. The number of nitrogens with one attached hydrogen (secondary N) is 2. The summed E-state index contributed by atoms with van der Waals surface area (Å²) in [7, 11) is -3.82. The number of ketones is 1. The van der Waals surface area contributed by atoms with Crippen LogP contribution in [0.3, 0.4) is 0 Å². The molecule has 0 heterocycles. The Morgan fingerprint density at radius 1 is 1.04 bits per heavy atom. The van der Waals surface area contributed by atoms with Crippen LogP contribution in [0.5, 0.6) is 0 Å². The van der Waals surface area contributed by atoms with E-state index in [9.17, 15) is 18.0 Å². The second-order valence-corrected chi connectivity index (χ2v) is 7.73. The lowest BCUT2D eigenvalue weighted by atomic mass is 10.1. The van der Waals surface area contributed by atoms with E-state index in [2.05, 4.69) is 10.0 Å². The molecule has 0 saturated heterocycles. The number of benzene rings is 2. The third-order valence-electron chi connectivity index (χ3n) is 3.94. The van der Waals surface area contributed by atoms with Crippen molar-refractivity contribution in [2.24, 2.45) is 0 Å². The first-order valence-corrected chi connectivity index (χ1v) is 9.76. The van der Waals surface area contributed by atoms with Crippen molar-refractivity contribution in [2.75, 3.05) is 4.72 Å². The summed E-state index contributed by atoms with van der Waals surface area (Å²) in [5.41, 5.74) is 1.11. The number of hydrogen-bond acceptors (Lipinski definition) is 4. The molecule has 7 heteroatoms. The van der Waals surface area contributed by atoms with Gasteiger partial charge in [0.25, 0.3) is 15.9 Å². The van der Waals surface area contributed by atoms with Gasteiger partial charge in [-0.05, 0) is 56.7 Å². The predicted molar refractivity (Wildman–Crippen MR) is 101 cm³/mol. The molecule has 2 aromatic rings. The molecule has 0 fully saturated rings. The Hall–Kier alpha value is -2.67. The minimum absolute atomic E-state index is 0.0332. The average molecular weight is 374 g/mol. The van der Waals surface area contributed by atoms with Gasteiger partial charge in [0, 0.05) is 22.9 Å². The van der Waals surface area contributed by atoms with Crippen molar-refractivity contribution < 1.29 is 18.0 Å². The van der Waals surface area contributed by atoms with Crippen molar-refractivity contribution in [2.45, 2.75) is 38.1 Å². The van der Waals surface area contributed by atoms with Crippen molar-refractivity contribution in [1.82, 2.24) is 5.32 Å². The predicted octanol–water partition coefficient (Wildman–Crippen LogP) is 3.22. The van der Waals surface area contributed by atoms with E-state index < -0.39 is 10.0 Å². The van der Waals surface area contributed by atoms with Crippen molar-refractivity contribution >= 4 is 27.4 Å². The van der Waals surface area contributed by atoms with Gasteiger partial charge >= 0.3 is 0 Å². The molecule has 2 N–H and O–H groups in total. The van der Waals surface area contributed by atoms with Gasteiger partial charge in [0.1, 0.15) is 0 Å². The van der Waals surface area contributed by atoms with Crippen molar-refractivity contribution in [1.29, 1.82) is 0 Å². The maximum Gasteiger partial charge on any atom is 0.261 e. The molecule has 138 valence electrons. The van der Waals surface area contributed by atoms with Crippen molar-refractivity contribution in [3.63, 3.8) is 0 Å². The van der Waals surface area contributed by atoms with Gasteiger partial charge in [-0.15, -0.1) is 0 Å². The molecule has 2 aromatic carbocycles. The first-order chi connectivity index (χ1) is 12.2. The Kier molecular flexibility index (Phi) is 6.15. The zero-order chi connectivity index (χ0) is 19.3. The van der Waals surface area contributed by atoms with Crippen molar-refractivity contribution in [3.8, 4) is 0 Å². The minimum Gasteiger partial charge on any atom is -0.350 e. The van der Waals surface area contributed by atoms with E-state index in [0.717, 1.165) is 6.42 Å². The molecule has 2 rings (SSSR count). The fraction of sp³-hybridized carbons (Fsp3) is 0.263. The van der Waals surface area contributed by atoms with E-state index in [1.807, 2.05) is 13.8 Å². The summed E-state index contributed by atoms with van der Waals surface area (Å²) in [6.45, 7) is 5.28. The van der Waals surface area contributed by atoms with Crippen LogP contribution in [0.25, 0.3) is 0 Å². The summed E-state index contributed by atoms with van der Waals surface area (Å²) in [5.74, 6) is -0.395. The molecular weight excluding hydrogens is 352 g/mol. The number of hydrogen-bond donors (Lipinski definition) is 2. The van der Waals surface area contributed by atoms with E-state index in [1.165, 1.54) is 37.3 Å². The van der Waals surface area contributed by atoms with Crippen LogP contribution >= 0.6 is 0 Å². The van der Waals surface area contributed by atoms with Crippen LogP contribution in [0, 0.1) is 0 Å². The van der Waals surface area contributed by atoms with Crippen LogP contribution in [0.4, 0.5) is 5.69 Å². The second-order valence-electron chi connectivity index (χ2n) is 6.05. The van der Waals surface area contributed by atoms with Crippen LogP contribution in [-0.4, -0.2) is 26.2 Å². The van der Waals surface area contributed by atoms with Crippen LogP contribution in [0.2, 0.25) is 0 Å². The fourth-order valence-electron chi connectivity index (χ4n) is 2.21. The Morgan fingerprint density at radius 2 is 1.69 bits per heavy atom. The van der Waals surface area contributed by atoms with E-state index in [0.29, 0.717) is 16.8 Å². The first kappa shape index (κ1) is 19.7. The van der Waals surface area contributed by atoms with Gasteiger partial charge in [-0.1, -0.05) is 19.1 Å². The summed E-state index contributed by atoms with van der Waals surface area (Å²) in [6.07, 6.45) is 0.807. The molecule has 6 nitrogen and oxygen atoms in total. The molecule has 0 aliphatic heterocycles. The van der Waals surface area contributed by atoms with E-state index >= 15 is 0 Å². The zero-order valence-corrected chi connectivity index (χ0v) is 15.8. The summed E-state index contributed by atoms with van der Waals surface area (Å²) in [5, 5.41) is 2.82. The Labute approximate surface area is 153 Å². The largest absolute Gasteiger partial charge is 0.350 e. The van der Waals surface area contributed by atoms with Crippen LogP contribution in [0.15, 0.2) is 53.4 Å². The van der Waals surface area contributed by atoms with E-state index in [-0.39, 0.29) is 22.6 Å². The number of sulfonamides is 1. The van der Waals surface area contributed by atoms with Gasteiger partial charge in [-0.25, -0.2) is 8.42 Å². The van der Waals surface area contributed by atoms with E-state index in [1.54, 1.807) is 18.2 Å². The van der Waals surface area contributed by atoms with Gasteiger partial charge in [-0.2, -0.15) is 0 Å². The van der Waals surface area contributed by atoms with Gasteiger partial charge in [0.2, 0.25) is 0 Å². The first-order valence-electron chi connectivity index (χ1n) is 8.27. The lowest BCUT2D eigenvalue weighted by Gasteiger charge is -2.12. The molecule has 1 atom stereocenters. The molecule has 0 aliphatic carbocycles. The zero-order valence-electron chi connectivity index (χ0n) is 14.9. The lowest BCUT2D eigenvalue weighted by Crippen LogP contribution is -2.31. The number of Topliss-reactive ketones (excluding diaryl/α,β-unsaturated/α-hetero) is 1. The van der Waals surface area contributed by atoms with Gasteiger partial charge in [-0.3, -0.25) is 14.3 Å².